The maximum absolute atomic E-state index is 12.5. The molecule has 0 atom stereocenters. The number of alkyl halides is 2. The van der Waals surface area contributed by atoms with E-state index in [4.69, 9.17) is 11.6 Å². The molecule has 0 spiro atoms. The summed E-state index contributed by atoms with van der Waals surface area (Å²) in [5.41, 5.74) is -0.710. The number of carbonyl (C=O) groups excluding carboxylic acids is 1. The van der Waals surface area contributed by atoms with Crippen LogP contribution in [-0.2, 0) is 4.74 Å². The third kappa shape index (κ3) is 2.75. The normalized spacial score (nSPS) is 10.5. The summed E-state index contributed by atoms with van der Waals surface area (Å²) in [7, 11) is 1.13. The Balaban J connectivity index is 3.34. The molecule has 0 saturated carbocycles. The van der Waals surface area contributed by atoms with Gasteiger partial charge < -0.3 is 4.74 Å². The van der Waals surface area contributed by atoms with Crippen molar-refractivity contribution in [2.24, 2.45) is 0 Å². The first-order chi connectivity index (χ1) is 6.97. The lowest BCUT2D eigenvalue weighted by Crippen LogP contribution is -2.08. The predicted octanol–water partition coefficient (Wildman–Crippen LogP) is 3.06. The molecule has 1 aromatic rings. The van der Waals surface area contributed by atoms with Crippen molar-refractivity contribution in [3.63, 3.8) is 0 Å². The van der Waals surface area contributed by atoms with E-state index in [1.165, 1.54) is 0 Å². The van der Waals surface area contributed by atoms with Gasteiger partial charge in [0, 0.05) is 5.56 Å². The standard InChI is InChI=1S/C8H5ClF2INO2/c1-15-8(14)6-5(9)3(7(10)11)2-4(12)13-6/h2,7H,1H3. The SMILES string of the molecule is COC(=O)c1nc(I)cc(C(F)F)c1Cl. The Morgan fingerprint density at radius 1 is 1.67 bits per heavy atom. The Morgan fingerprint density at radius 2 is 2.27 bits per heavy atom. The number of hydrogen-bond acceptors (Lipinski definition) is 3. The highest BCUT2D eigenvalue weighted by atomic mass is 127. The van der Waals surface area contributed by atoms with Crippen LogP contribution in [0.5, 0.6) is 0 Å². The van der Waals surface area contributed by atoms with Crippen molar-refractivity contribution < 1.29 is 18.3 Å². The second-order valence-corrected chi connectivity index (χ2v) is 3.97. The van der Waals surface area contributed by atoms with Gasteiger partial charge in [0.15, 0.2) is 5.69 Å². The van der Waals surface area contributed by atoms with Crippen LogP contribution in [0.4, 0.5) is 8.78 Å². The summed E-state index contributed by atoms with van der Waals surface area (Å²) >= 11 is 7.32. The van der Waals surface area contributed by atoms with Crippen molar-refractivity contribution >= 4 is 40.2 Å². The fraction of sp³-hybridized carbons (Fsp3) is 0.250. The molecule has 0 aromatic carbocycles. The maximum atomic E-state index is 12.5. The third-order valence-corrected chi connectivity index (χ3v) is 2.52. The number of methoxy groups -OCH3 is 1. The first kappa shape index (κ1) is 12.6. The van der Waals surface area contributed by atoms with Gasteiger partial charge in [-0.05, 0) is 28.7 Å². The summed E-state index contributed by atoms with van der Waals surface area (Å²) in [6, 6.07) is 1.12. The Labute approximate surface area is 103 Å². The van der Waals surface area contributed by atoms with Gasteiger partial charge in [0.2, 0.25) is 0 Å². The second kappa shape index (κ2) is 5.02. The maximum Gasteiger partial charge on any atom is 0.358 e. The Hall–Kier alpha value is -0.500. The summed E-state index contributed by atoms with van der Waals surface area (Å²) in [5.74, 6) is -0.833. The van der Waals surface area contributed by atoms with Crippen LogP contribution in [0.1, 0.15) is 22.5 Å². The summed E-state index contributed by atoms with van der Waals surface area (Å²) < 4.78 is 29.6. The van der Waals surface area contributed by atoms with Gasteiger partial charge in [-0.3, -0.25) is 0 Å². The number of hydrogen-bond donors (Lipinski definition) is 0. The predicted molar refractivity (Wildman–Crippen MR) is 58.3 cm³/mol. The molecular weight excluding hydrogens is 342 g/mol. The minimum Gasteiger partial charge on any atom is -0.464 e. The van der Waals surface area contributed by atoms with Gasteiger partial charge in [0.05, 0.1) is 12.1 Å². The molecule has 1 rings (SSSR count). The van der Waals surface area contributed by atoms with E-state index in [-0.39, 0.29) is 14.4 Å². The van der Waals surface area contributed by atoms with Gasteiger partial charge in [0.25, 0.3) is 6.43 Å². The Morgan fingerprint density at radius 3 is 2.73 bits per heavy atom. The molecule has 0 aliphatic carbocycles. The molecule has 0 unspecified atom stereocenters. The number of ether oxygens (including phenoxy) is 1. The monoisotopic (exact) mass is 347 g/mol. The van der Waals surface area contributed by atoms with Gasteiger partial charge in [-0.1, -0.05) is 11.6 Å². The molecule has 15 heavy (non-hydrogen) atoms. The van der Waals surface area contributed by atoms with Crippen molar-refractivity contribution in [2.75, 3.05) is 7.11 Å². The van der Waals surface area contributed by atoms with Crippen LogP contribution < -0.4 is 0 Å². The Kier molecular flexibility index (Phi) is 4.21. The van der Waals surface area contributed by atoms with E-state index in [1.54, 1.807) is 22.6 Å². The molecule has 0 aliphatic rings. The lowest BCUT2D eigenvalue weighted by Gasteiger charge is -2.07. The minimum atomic E-state index is -2.75. The molecule has 1 aromatic heterocycles. The third-order valence-electron chi connectivity index (χ3n) is 1.57. The lowest BCUT2D eigenvalue weighted by atomic mass is 10.2. The average Bonchev–Trinajstić information content (AvgIpc) is 2.19. The average molecular weight is 347 g/mol. The molecule has 82 valence electrons. The summed E-state index contributed by atoms with van der Waals surface area (Å²) in [6.07, 6.45) is -2.75. The van der Waals surface area contributed by atoms with E-state index in [1.807, 2.05) is 0 Å². The molecule has 0 aliphatic heterocycles. The number of halogens is 4. The molecule has 0 amide bonds. The van der Waals surface area contributed by atoms with Crippen LogP contribution in [0.3, 0.4) is 0 Å². The van der Waals surface area contributed by atoms with Gasteiger partial charge >= 0.3 is 5.97 Å². The van der Waals surface area contributed by atoms with E-state index in [2.05, 4.69) is 9.72 Å². The van der Waals surface area contributed by atoms with E-state index in [9.17, 15) is 13.6 Å². The number of esters is 1. The first-order valence-electron chi connectivity index (χ1n) is 3.69. The zero-order valence-electron chi connectivity index (χ0n) is 7.43. The fourth-order valence-corrected chi connectivity index (χ4v) is 1.74. The number of rotatable bonds is 2. The van der Waals surface area contributed by atoms with Gasteiger partial charge in [-0.25, -0.2) is 18.6 Å². The fourth-order valence-electron chi connectivity index (χ4n) is 0.907. The highest BCUT2D eigenvalue weighted by molar-refractivity contribution is 14.1. The van der Waals surface area contributed by atoms with Crippen LogP contribution in [0.2, 0.25) is 5.02 Å². The molecule has 0 radical (unpaired) electrons. The summed E-state index contributed by atoms with van der Waals surface area (Å²) in [6.45, 7) is 0. The molecular formula is C8H5ClF2INO2. The molecule has 3 nitrogen and oxygen atoms in total. The molecule has 7 heteroatoms. The van der Waals surface area contributed by atoms with E-state index in [0.717, 1.165) is 13.2 Å². The molecule has 0 fully saturated rings. The largest absolute Gasteiger partial charge is 0.464 e. The topological polar surface area (TPSA) is 39.2 Å². The van der Waals surface area contributed by atoms with E-state index in [0.29, 0.717) is 0 Å². The number of pyridine rings is 1. The van der Waals surface area contributed by atoms with Crippen LogP contribution in [-0.4, -0.2) is 18.1 Å². The summed E-state index contributed by atoms with van der Waals surface area (Å²) in [5, 5.41) is -0.364. The number of carbonyl (C=O) groups is 1. The molecule has 0 N–H and O–H groups in total. The van der Waals surface area contributed by atoms with Crippen LogP contribution in [0.25, 0.3) is 0 Å². The van der Waals surface area contributed by atoms with Crippen molar-refractivity contribution in [2.45, 2.75) is 6.43 Å². The summed E-state index contributed by atoms with van der Waals surface area (Å²) in [4.78, 5) is 14.9. The van der Waals surface area contributed by atoms with Crippen LogP contribution >= 0.6 is 34.2 Å². The molecule has 1 heterocycles. The quantitative estimate of drug-likeness (QED) is 0.469. The smallest absolute Gasteiger partial charge is 0.358 e. The first-order valence-corrected chi connectivity index (χ1v) is 5.15. The highest BCUT2D eigenvalue weighted by Crippen LogP contribution is 2.30. The Bertz CT molecular complexity index is 400. The van der Waals surface area contributed by atoms with Crippen molar-refractivity contribution in [1.82, 2.24) is 4.98 Å². The van der Waals surface area contributed by atoms with Crippen LogP contribution in [0, 0.1) is 3.70 Å². The van der Waals surface area contributed by atoms with Gasteiger partial charge in [-0.15, -0.1) is 0 Å². The zero-order valence-corrected chi connectivity index (χ0v) is 10.3. The van der Waals surface area contributed by atoms with Crippen molar-refractivity contribution in [3.8, 4) is 0 Å². The van der Waals surface area contributed by atoms with Crippen LogP contribution in [0.15, 0.2) is 6.07 Å². The van der Waals surface area contributed by atoms with Crippen molar-refractivity contribution in [3.05, 3.63) is 26.0 Å². The van der Waals surface area contributed by atoms with E-state index >= 15 is 0 Å². The van der Waals surface area contributed by atoms with Gasteiger partial charge in [-0.2, -0.15) is 0 Å². The molecule has 0 saturated heterocycles. The number of aromatic nitrogens is 1. The van der Waals surface area contributed by atoms with Gasteiger partial charge in [0.1, 0.15) is 3.70 Å². The van der Waals surface area contributed by atoms with E-state index < -0.39 is 18.0 Å². The van der Waals surface area contributed by atoms with Crippen molar-refractivity contribution in [1.29, 1.82) is 0 Å². The molecule has 0 bridgehead atoms. The number of nitrogens with zero attached hydrogens (tertiary/aromatic N) is 1. The zero-order chi connectivity index (χ0) is 11.6. The lowest BCUT2D eigenvalue weighted by molar-refractivity contribution is 0.0593. The highest BCUT2D eigenvalue weighted by Gasteiger charge is 2.21. The minimum absolute atomic E-state index is 0.257. The second-order valence-electron chi connectivity index (χ2n) is 2.49.